The molecule has 208 valence electrons. The normalized spacial score (nSPS) is 11.6. The van der Waals surface area contributed by atoms with E-state index >= 15 is 0 Å². The molecule has 43 heavy (non-hydrogen) atoms. The highest BCUT2D eigenvalue weighted by molar-refractivity contribution is 6.21. The Labute approximate surface area is 246 Å². The number of hydrogen-bond donors (Lipinski definition) is 0. The highest BCUT2D eigenvalue weighted by atomic mass is 19.4. The van der Waals surface area contributed by atoms with Crippen LogP contribution in [0.15, 0.2) is 146 Å². The number of fused-ring (bicyclic) bond motifs is 2. The van der Waals surface area contributed by atoms with Gasteiger partial charge in [-0.25, -0.2) is 4.98 Å². The van der Waals surface area contributed by atoms with E-state index < -0.39 is 11.7 Å². The summed E-state index contributed by atoms with van der Waals surface area (Å²) in [6.07, 6.45) is -1.76. The number of alkyl halides is 3. The molecule has 0 aliphatic rings. The third-order valence-electron chi connectivity index (χ3n) is 7.59. The molecule has 7 aromatic rings. The van der Waals surface area contributed by atoms with Crippen molar-refractivity contribution >= 4 is 38.7 Å². The molecule has 0 unspecified atom stereocenters. The second-order valence-corrected chi connectivity index (χ2v) is 10.2. The second-order valence-electron chi connectivity index (χ2n) is 10.2. The molecule has 2 aromatic heterocycles. The van der Waals surface area contributed by atoms with Gasteiger partial charge in [0.05, 0.1) is 11.3 Å². The van der Waals surface area contributed by atoms with Crippen LogP contribution in [-0.4, -0.2) is 9.97 Å². The average molecular weight is 568 g/mol. The fourth-order valence-corrected chi connectivity index (χ4v) is 5.68. The Morgan fingerprint density at radius 1 is 0.488 bits per heavy atom. The maximum atomic E-state index is 13.3. The SMILES string of the molecule is FC(F)(F)c1ccc(N(c2ccccc2)c2ccc(-c3c4ccccc4c(-c4ccccn4)c4ccccc34)cc2)nc1. The minimum Gasteiger partial charge on any atom is -0.295 e. The molecule has 0 saturated carbocycles. The second kappa shape index (κ2) is 10.7. The van der Waals surface area contributed by atoms with Crippen LogP contribution in [0.25, 0.3) is 43.9 Å². The van der Waals surface area contributed by atoms with Crippen LogP contribution in [0.4, 0.5) is 30.4 Å². The Balaban J connectivity index is 1.39. The van der Waals surface area contributed by atoms with Gasteiger partial charge in [-0.3, -0.25) is 9.88 Å². The standard InChI is InChI=1S/C37H24F3N3/c38-37(39,40)26-19-22-34(42-24-26)43(27-10-2-1-3-11-27)28-20-17-25(18-21-28)35-29-12-4-6-14-31(29)36(33-16-8-9-23-41-33)32-15-7-5-13-30(32)35/h1-24H. The Morgan fingerprint density at radius 3 is 1.58 bits per heavy atom. The molecule has 0 fully saturated rings. The van der Waals surface area contributed by atoms with Gasteiger partial charge in [0.25, 0.3) is 0 Å². The van der Waals surface area contributed by atoms with Crippen LogP contribution in [-0.2, 0) is 6.18 Å². The monoisotopic (exact) mass is 567 g/mol. The molecule has 0 aliphatic carbocycles. The van der Waals surface area contributed by atoms with Crippen LogP contribution in [0.3, 0.4) is 0 Å². The summed E-state index contributed by atoms with van der Waals surface area (Å²) in [7, 11) is 0. The maximum absolute atomic E-state index is 13.3. The third kappa shape index (κ3) is 4.87. The van der Waals surface area contributed by atoms with Gasteiger partial charge in [-0.1, -0.05) is 84.9 Å². The first-order valence-electron chi connectivity index (χ1n) is 13.8. The van der Waals surface area contributed by atoms with Gasteiger partial charge < -0.3 is 0 Å². The van der Waals surface area contributed by atoms with E-state index in [2.05, 4.69) is 46.4 Å². The zero-order chi connectivity index (χ0) is 29.4. The van der Waals surface area contributed by atoms with Crippen LogP contribution in [0.5, 0.6) is 0 Å². The number of nitrogens with zero attached hydrogens (tertiary/aromatic N) is 3. The minimum atomic E-state index is -4.46. The molecule has 7 rings (SSSR count). The molecule has 6 heteroatoms. The van der Waals surface area contributed by atoms with Crippen molar-refractivity contribution in [3.8, 4) is 22.4 Å². The predicted octanol–water partition coefficient (Wildman–Crippen LogP) is 10.6. The first-order chi connectivity index (χ1) is 21.0. The van der Waals surface area contributed by atoms with Gasteiger partial charge in [0, 0.05) is 29.3 Å². The topological polar surface area (TPSA) is 29.0 Å². The van der Waals surface area contributed by atoms with Gasteiger partial charge in [0.1, 0.15) is 5.82 Å². The van der Waals surface area contributed by atoms with E-state index in [0.29, 0.717) is 5.82 Å². The molecule has 0 atom stereocenters. The molecule has 0 aliphatic heterocycles. The summed E-state index contributed by atoms with van der Waals surface area (Å²) in [4.78, 5) is 10.7. The maximum Gasteiger partial charge on any atom is 0.417 e. The molecule has 3 nitrogen and oxygen atoms in total. The van der Waals surface area contributed by atoms with Gasteiger partial charge >= 0.3 is 6.18 Å². The molecule has 0 spiro atoms. The van der Waals surface area contributed by atoms with E-state index in [1.165, 1.54) is 6.07 Å². The first-order valence-corrected chi connectivity index (χ1v) is 13.8. The number of anilines is 3. The Morgan fingerprint density at radius 2 is 1.05 bits per heavy atom. The van der Waals surface area contributed by atoms with Crippen molar-refractivity contribution in [2.24, 2.45) is 0 Å². The van der Waals surface area contributed by atoms with Gasteiger partial charge in [0.15, 0.2) is 0 Å². The summed E-state index contributed by atoms with van der Waals surface area (Å²) < 4.78 is 39.8. The zero-order valence-electron chi connectivity index (χ0n) is 22.8. The van der Waals surface area contributed by atoms with Gasteiger partial charge in [-0.05, 0) is 81.2 Å². The van der Waals surface area contributed by atoms with Gasteiger partial charge in [-0.2, -0.15) is 13.2 Å². The molecule has 0 bridgehead atoms. The van der Waals surface area contributed by atoms with Crippen LogP contribution < -0.4 is 4.90 Å². The Bertz CT molecular complexity index is 1980. The summed E-state index contributed by atoms with van der Waals surface area (Å²) >= 11 is 0. The van der Waals surface area contributed by atoms with Crippen molar-refractivity contribution in [2.75, 3.05) is 4.90 Å². The lowest BCUT2D eigenvalue weighted by Gasteiger charge is -2.25. The van der Waals surface area contributed by atoms with E-state index in [0.717, 1.165) is 67.6 Å². The zero-order valence-corrected chi connectivity index (χ0v) is 22.8. The van der Waals surface area contributed by atoms with Gasteiger partial charge in [-0.15, -0.1) is 0 Å². The van der Waals surface area contributed by atoms with Crippen molar-refractivity contribution in [1.29, 1.82) is 0 Å². The predicted molar refractivity (Wildman–Crippen MR) is 168 cm³/mol. The number of pyridine rings is 2. The van der Waals surface area contributed by atoms with Crippen molar-refractivity contribution in [1.82, 2.24) is 9.97 Å². The summed E-state index contributed by atoms with van der Waals surface area (Å²) in [5.41, 5.74) is 4.93. The van der Waals surface area contributed by atoms with Crippen molar-refractivity contribution in [3.63, 3.8) is 0 Å². The van der Waals surface area contributed by atoms with E-state index in [4.69, 9.17) is 0 Å². The van der Waals surface area contributed by atoms with Crippen molar-refractivity contribution in [2.45, 2.75) is 6.18 Å². The van der Waals surface area contributed by atoms with E-state index in [-0.39, 0.29) is 0 Å². The molecular formula is C37H24F3N3. The summed E-state index contributed by atoms with van der Waals surface area (Å²) in [6.45, 7) is 0. The average Bonchev–Trinajstić information content (AvgIpc) is 3.05. The quantitative estimate of drug-likeness (QED) is 0.194. The largest absolute Gasteiger partial charge is 0.417 e. The highest BCUT2D eigenvalue weighted by Gasteiger charge is 2.31. The Hall–Kier alpha value is -5.49. The number of aromatic nitrogens is 2. The highest BCUT2D eigenvalue weighted by Crippen LogP contribution is 2.44. The number of para-hydroxylation sites is 1. The molecule has 5 aromatic carbocycles. The fourth-order valence-electron chi connectivity index (χ4n) is 5.68. The van der Waals surface area contributed by atoms with Crippen LogP contribution in [0.1, 0.15) is 5.56 Å². The van der Waals surface area contributed by atoms with Crippen LogP contribution in [0, 0.1) is 0 Å². The lowest BCUT2D eigenvalue weighted by molar-refractivity contribution is -0.137. The van der Waals surface area contributed by atoms with Crippen molar-refractivity contribution in [3.05, 3.63) is 151 Å². The molecule has 0 saturated heterocycles. The third-order valence-corrected chi connectivity index (χ3v) is 7.59. The molecule has 0 N–H and O–H groups in total. The van der Waals surface area contributed by atoms with E-state index in [1.807, 2.05) is 96.0 Å². The van der Waals surface area contributed by atoms with Crippen molar-refractivity contribution < 1.29 is 13.2 Å². The fraction of sp³-hybridized carbons (Fsp3) is 0.0270. The number of halogens is 3. The molecule has 0 radical (unpaired) electrons. The lowest BCUT2D eigenvalue weighted by atomic mass is 9.87. The molecular weight excluding hydrogens is 543 g/mol. The van der Waals surface area contributed by atoms with Crippen LogP contribution in [0.2, 0.25) is 0 Å². The molecule has 2 heterocycles. The van der Waals surface area contributed by atoms with E-state index in [9.17, 15) is 13.2 Å². The van der Waals surface area contributed by atoms with Crippen LogP contribution >= 0.6 is 0 Å². The smallest absolute Gasteiger partial charge is 0.295 e. The number of benzene rings is 5. The Kier molecular flexibility index (Phi) is 6.59. The van der Waals surface area contributed by atoms with Gasteiger partial charge in [0.2, 0.25) is 0 Å². The van der Waals surface area contributed by atoms with E-state index in [1.54, 1.807) is 0 Å². The number of hydrogen-bond acceptors (Lipinski definition) is 3. The summed E-state index contributed by atoms with van der Waals surface area (Å²) in [5, 5.41) is 4.44. The lowest BCUT2D eigenvalue weighted by Crippen LogP contribution is -2.13. The molecule has 0 amide bonds. The summed E-state index contributed by atoms with van der Waals surface area (Å²) in [6, 6.07) is 42.7. The minimum absolute atomic E-state index is 0.391. The summed E-state index contributed by atoms with van der Waals surface area (Å²) in [5.74, 6) is 0.391. The first kappa shape index (κ1) is 26.4. The number of rotatable bonds is 5.